The quantitative estimate of drug-likeness (QED) is 0.728. The van der Waals surface area contributed by atoms with Crippen molar-refractivity contribution in [3.8, 4) is 0 Å². The van der Waals surface area contributed by atoms with Gasteiger partial charge in [0.15, 0.2) is 0 Å². The molecule has 0 aliphatic carbocycles. The Morgan fingerprint density at radius 2 is 1.62 bits per heavy atom. The van der Waals surface area contributed by atoms with E-state index in [2.05, 4.69) is 10.2 Å². The van der Waals surface area contributed by atoms with E-state index in [1.54, 1.807) is 0 Å². The lowest BCUT2D eigenvalue weighted by atomic mass is 10.1. The summed E-state index contributed by atoms with van der Waals surface area (Å²) in [5, 5.41) is 5.16. The molecule has 1 fully saturated rings. The molecule has 4 nitrogen and oxygen atoms in total. The number of fused-ring (bicyclic) bond motifs is 1. The third-order valence-electron chi connectivity index (χ3n) is 4.34. The van der Waals surface area contributed by atoms with Crippen molar-refractivity contribution in [3.63, 3.8) is 0 Å². The van der Waals surface area contributed by atoms with Crippen LogP contribution in [-0.2, 0) is 0 Å². The summed E-state index contributed by atoms with van der Waals surface area (Å²) in [4.78, 5) is 11.9. The molecular weight excluding hydrogens is 320 g/mol. The molecule has 24 heavy (non-hydrogen) atoms. The van der Waals surface area contributed by atoms with Crippen LogP contribution in [0.25, 0.3) is 10.9 Å². The van der Waals surface area contributed by atoms with Crippen molar-refractivity contribution in [2.45, 2.75) is 19.3 Å². The van der Waals surface area contributed by atoms with Crippen molar-refractivity contribution < 1.29 is 0 Å². The molecule has 3 aromatic rings. The third-order valence-corrected chi connectivity index (χ3v) is 4.59. The number of aromatic nitrogens is 2. The maximum atomic E-state index is 5.98. The Labute approximate surface area is 146 Å². The van der Waals surface area contributed by atoms with E-state index in [0.29, 0.717) is 0 Å². The smallest absolute Gasteiger partial charge is 0.227 e. The number of benzene rings is 2. The standard InChI is InChI=1S/C19H19ClN4/c20-14-8-10-15(11-9-14)21-18-16-6-2-3-7-17(16)22-19(23-18)24-12-4-1-5-13-24/h2-3,6-11H,1,4-5,12-13H2,(H,21,22,23). The van der Waals surface area contributed by atoms with Gasteiger partial charge >= 0.3 is 0 Å². The fourth-order valence-electron chi connectivity index (χ4n) is 3.06. The van der Waals surface area contributed by atoms with Gasteiger partial charge in [-0.3, -0.25) is 0 Å². The first-order valence-electron chi connectivity index (χ1n) is 8.34. The van der Waals surface area contributed by atoms with Crippen LogP contribution in [0.3, 0.4) is 0 Å². The molecule has 1 aromatic heterocycles. The SMILES string of the molecule is Clc1ccc(Nc2nc(N3CCCCC3)nc3ccccc23)cc1. The third kappa shape index (κ3) is 3.15. The highest BCUT2D eigenvalue weighted by Gasteiger charge is 2.16. The predicted molar refractivity (Wildman–Crippen MR) is 100 cm³/mol. The summed E-state index contributed by atoms with van der Waals surface area (Å²) in [5.74, 6) is 1.65. The van der Waals surface area contributed by atoms with E-state index in [9.17, 15) is 0 Å². The molecule has 0 amide bonds. The second kappa shape index (κ2) is 6.65. The Morgan fingerprint density at radius 3 is 2.42 bits per heavy atom. The molecule has 2 aromatic carbocycles. The maximum Gasteiger partial charge on any atom is 0.227 e. The number of nitrogens with one attached hydrogen (secondary N) is 1. The van der Waals surface area contributed by atoms with Gasteiger partial charge in [-0.05, 0) is 55.7 Å². The molecule has 122 valence electrons. The van der Waals surface area contributed by atoms with E-state index in [-0.39, 0.29) is 0 Å². The van der Waals surface area contributed by atoms with Gasteiger partial charge < -0.3 is 10.2 Å². The lowest BCUT2D eigenvalue weighted by Gasteiger charge is -2.27. The maximum absolute atomic E-state index is 5.98. The van der Waals surface area contributed by atoms with Crippen LogP contribution >= 0.6 is 11.6 Å². The van der Waals surface area contributed by atoms with Gasteiger partial charge in [-0.1, -0.05) is 23.7 Å². The molecule has 0 atom stereocenters. The number of para-hydroxylation sites is 1. The molecule has 5 heteroatoms. The van der Waals surface area contributed by atoms with Crippen LogP contribution in [-0.4, -0.2) is 23.1 Å². The van der Waals surface area contributed by atoms with Gasteiger partial charge in [0.25, 0.3) is 0 Å². The summed E-state index contributed by atoms with van der Waals surface area (Å²) in [5.41, 5.74) is 1.93. The molecule has 1 N–H and O–H groups in total. The Hall–Kier alpha value is -2.33. The van der Waals surface area contributed by atoms with Crippen LogP contribution < -0.4 is 10.2 Å². The van der Waals surface area contributed by atoms with Crippen molar-refractivity contribution in [3.05, 3.63) is 53.6 Å². The van der Waals surface area contributed by atoms with Gasteiger partial charge in [0.05, 0.1) is 5.52 Å². The average Bonchev–Trinajstić information content (AvgIpc) is 2.64. The minimum atomic E-state index is 0.724. The lowest BCUT2D eigenvalue weighted by molar-refractivity contribution is 0.569. The van der Waals surface area contributed by atoms with E-state index >= 15 is 0 Å². The molecule has 1 saturated heterocycles. The zero-order chi connectivity index (χ0) is 16.4. The zero-order valence-electron chi connectivity index (χ0n) is 13.4. The first-order chi connectivity index (χ1) is 11.8. The minimum absolute atomic E-state index is 0.724. The van der Waals surface area contributed by atoms with Gasteiger partial charge in [0.1, 0.15) is 5.82 Å². The van der Waals surface area contributed by atoms with E-state index in [0.717, 1.165) is 46.5 Å². The molecule has 0 radical (unpaired) electrons. The molecule has 4 rings (SSSR count). The van der Waals surface area contributed by atoms with E-state index < -0.39 is 0 Å². The van der Waals surface area contributed by atoms with Crippen LogP contribution in [0.2, 0.25) is 5.02 Å². The van der Waals surface area contributed by atoms with Crippen molar-refractivity contribution in [2.75, 3.05) is 23.3 Å². The summed E-state index contributed by atoms with van der Waals surface area (Å²) < 4.78 is 0. The number of rotatable bonds is 3. The van der Waals surface area contributed by atoms with Crippen molar-refractivity contribution >= 4 is 40.0 Å². The van der Waals surface area contributed by atoms with Crippen molar-refractivity contribution in [2.24, 2.45) is 0 Å². The van der Waals surface area contributed by atoms with Crippen LogP contribution in [0, 0.1) is 0 Å². The van der Waals surface area contributed by atoms with E-state index in [1.165, 1.54) is 19.3 Å². The van der Waals surface area contributed by atoms with E-state index in [1.807, 2.05) is 48.5 Å². The molecule has 0 bridgehead atoms. The van der Waals surface area contributed by atoms with Gasteiger partial charge in [0, 0.05) is 29.2 Å². The molecule has 0 unspecified atom stereocenters. The first kappa shape index (κ1) is 15.2. The van der Waals surface area contributed by atoms with Gasteiger partial charge in [-0.15, -0.1) is 0 Å². The number of hydrogen-bond donors (Lipinski definition) is 1. The number of halogens is 1. The Balaban J connectivity index is 1.75. The Kier molecular flexibility index (Phi) is 4.22. The molecule has 1 aliphatic heterocycles. The summed E-state index contributed by atoms with van der Waals surface area (Å²) in [6, 6.07) is 15.8. The Bertz CT molecular complexity index is 842. The lowest BCUT2D eigenvalue weighted by Crippen LogP contribution is -2.31. The first-order valence-corrected chi connectivity index (χ1v) is 8.72. The second-order valence-corrected chi connectivity index (χ2v) is 6.51. The summed E-state index contributed by atoms with van der Waals surface area (Å²) in [6.07, 6.45) is 3.70. The fraction of sp³-hybridized carbons (Fsp3) is 0.263. The predicted octanol–water partition coefficient (Wildman–Crippen LogP) is 5.02. The number of piperidine rings is 1. The highest BCUT2D eigenvalue weighted by molar-refractivity contribution is 6.30. The Morgan fingerprint density at radius 1 is 0.875 bits per heavy atom. The average molecular weight is 339 g/mol. The topological polar surface area (TPSA) is 41.1 Å². The van der Waals surface area contributed by atoms with Crippen LogP contribution in [0.15, 0.2) is 48.5 Å². The second-order valence-electron chi connectivity index (χ2n) is 6.07. The van der Waals surface area contributed by atoms with E-state index in [4.69, 9.17) is 21.6 Å². The highest BCUT2D eigenvalue weighted by Crippen LogP contribution is 2.27. The van der Waals surface area contributed by atoms with Gasteiger partial charge in [-0.2, -0.15) is 4.98 Å². The van der Waals surface area contributed by atoms with Crippen LogP contribution in [0.4, 0.5) is 17.5 Å². The molecule has 2 heterocycles. The molecule has 1 aliphatic rings. The number of nitrogens with zero attached hydrogens (tertiary/aromatic N) is 3. The van der Waals surface area contributed by atoms with Crippen LogP contribution in [0.1, 0.15) is 19.3 Å². The highest BCUT2D eigenvalue weighted by atomic mass is 35.5. The summed E-state index contributed by atoms with van der Waals surface area (Å²) in [7, 11) is 0. The van der Waals surface area contributed by atoms with Gasteiger partial charge in [0.2, 0.25) is 5.95 Å². The normalized spacial score (nSPS) is 14.8. The fourth-order valence-corrected chi connectivity index (χ4v) is 3.19. The number of hydrogen-bond acceptors (Lipinski definition) is 4. The minimum Gasteiger partial charge on any atom is -0.341 e. The molecule has 0 spiro atoms. The summed E-state index contributed by atoms with van der Waals surface area (Å²) in [6.45, 7) is 2.05. The zero-order valence-corrected chi connectivity index (χ0v) is 14.1. The monoisotopic (exact) mass is 338 g/mol. The largest absolute Gasteiger partial charge is 0.341 e. The molecular formula is C19H19ClN4. The summed E-state index contributed by atoms with van der Waals surface area (Å²) >= 11 is 5.98. The molecule has 0 saturated carbocycles. The van der Waals surface area contributed by atoms with Crippen molar-refractivity contribution in [1.82, 2.24) is 9.97 Å². The van der Waals surface area contributed by atoms with Crippen LogP contribution in [0.5, 0.6) is 0 Å². The number of anilines is 3. The van der Waals surface area contributed by atoms with Crippen molar-refractivity contribution in [1.29, 1.82) is 0 Å². The van der Waals surface area contributed by atoms with Gasteiger partial charge in [-0.25, -0.2) is 4.98 Å².